The zero-order valence-corrected chi connectivity index (χ0v) is 12.9. The predicted octanol–water partition coefficient (Wildman–Crippen LogP) is 2.03. The Bertz CT molecular complexity index is 797. The molecule has 2 aromatic rings. The number of hydrogen-bond donors (Lipinski definition) is 2. The fraction of sp³-hybridized carbons (Fsp3) is 0.312. The Morgan fingerprint density at radius 1 is 1.32 bits per heavy atom. The highest BCUT2D eigenvalue weighted by Gasteiger charge is 2.41. The minimum Gasteiger partial charge on any atom is -0.391 e. The van der Waals surface area contributed by atoms with Gasteiger partial charge in [-0.3, -0.25) is 4.79 Å². The van der Waals surface area contributed by atoms with Gasteiger partial charge in [0.1, 0.15) is 17.7 Å². The van der Waals surface area contributed by atoms with E-state index in [0.29, 0.717) is 0 Å². The molecule has 1 aromatic carbocycles. The van der Waals surface area contributed by atoms with Crippen molar-refractivity contribution in [2.75, 3.05) is 12.3 Å². The molecule has 1 amide bonds. The molecule has 9 heteroatoms. The maximum absolute atomic E-state index is 13.3. The van der Waals surface area contributed by atoms with E-state index in [9.17, 15) is 23.1 Å². The molecule has 1 aromatic heterocycles. The molecule has 1 saturated heterocycles. The number of β-amino-alcohol motifs (C(OH)–C–C–N with tert-alkyl or cyclic N) is 1. The highest BCUT2D eigenvalue weighted by molar-refractivity contribution is 5.98. The van der Waals surface area contributed by atoms with Crippen LogP contribution in [0.1, 0.15) is 33.9 Å². The summed E-state index contributed by atoms with van der Waals surface area (Å²) in [4.78, 5) is 21.4. The van der Waals surface area contributed by atoms with Crippen LogP contribution < -0.4 is 5.73 Å². The average Bonchev–Trinajstić information content (AvgIpc) is 2.96. The third-order valence-electron chi connectivity index (χ3n) is 4.14. The van der Waals surface area contributed by atoms with Gasteiger partial charge < -0.3 is 15.7 Å². The summed E-state index contributed by atoms with van der Waals surface area (Å²) in [6.07, 6.45) is -3.11. The van der Waals surface area contributed by atoms with Crippen LogP contribution in [0.3, 0.4) is 0 Å². The number of carbonyl (C=O) groups excluding carboxylic acids is 1. The number of benzene rings is 1. The van der Waals surface area contributed by atoms with Gasteiger partial charge >= 0.3 is 6.18 Å². The quantitative estimate of drug-likeness (QED) is 0.863. The first-order valence-corrected chi connectivity index (χ1v) is 7.49. The second-order valence-corrected chi connectivity index (χ2v) is 5.77. The van der Waals surface area contributed by atoms with Crippen molar-refractivity contribution < 1.29 is 23.1 Å². The number of nitrogens with two attached hydrogens (primary N) is 1. The van der Waals surface area contributed by atoms with E-state index < -0.39 is 29.8 Å². The van der Waals surface area contributed by atoms with E-state index in [1.165, 1.54) is 35.6 Å². The van der Waals surface area contributed by atoms with E-state index in [0.717, 1.165) is 6.07 Å². The van der Waals surface area contributed by atoms with Gasteiger partial charge in [0.15, 0.2) is 0 Å². The number of aromatic nitrogens is 2. The molecule has 1 aliphatic heterocycles. The van der Waals surface area contributed by atoms with Gasteiger partial charge in [-0.05, 0) is 18.1 Å². The second-order valence-electron chi connectivity index (χ2n) is 5.77. The number of aliphatic hydroxyl groups excluding tert-OH is 1. The summed E-state index contributed by atoms with van der Waals surface area (Å²) >= 11 is 0. The fourth-order valence-electron chi connectivity index (χ4n) is 3.04. The van der Waals surface area contributed by atoms with Gasteiger partial charge in [0, 0.05) is 12.7 Å². The van der Waals surface area contributed by atoms with Crippen molar-refractivity contribution in [1.29, 1.82) is 0 Å². The van der Waals surface area contributed by atoms with E-state index in [4.69, 9.17) is 5.73 Å². The molecule has 1 aliphatic rings. The molecule has 132 valence electrons. The molecule has 25 heavy (non-hydrogen) atoms. The van der Waals surface area contributed by atoms with Crippen molar-refractivity contribution in [3.05, 3.63) is 53.5 Å². The molecular weight excluding hydrogens is 337 g/mol. The van der Waals surface area contributed by atoms with Crippen LogP contribution in [0.2, 0.25) is 0 Å². The number of carbonyl (C=O) groups is 1. The predicted molar refractivity (Wildman–Crippen MR) is 82.3 cm³/mol. The molecule has 6 nitrogen and oxygen atoms in total. The zero-order chi connectivity index (χ0) is 18.2. The van der Waals surface area contributed by atoms with Crippen LogP contribution in [0, 0.1) is 0 Å². The van der Waals surface area contributed by atoms with E-state index in [1.54, 1.807) is 0 Å². The van der Waals surface area contributed by atoms with Gasteiger partial charge in [-0.2, -0.15) is 13.2 Å². The molecular formula is C16H15F3N4O2. The SMILES string of the molecule is Nc1ncncc1C(=O)N1C[C@@H](O)C[C@H]1c1ccccc1C(F)(F)F. The lowest BCUT2D eigenvalue weighted by Crippen LogP contribution is -2.33. The minimum atomic E-state index is -4.56. The van der Waals surface area contributed by atoms with Crippen LogP contribution in [0.25, 0.3) is 0 Å². The summed E-state index contributed by atoms with van der Waals surface area (Å²) in [5.41, 5.74) is 4.77. The summed E-state index contributed by atoms with van der Waals surface area (Å²) in [5.74, 6) is -0.680. The van der Waals surface area contributed by atoms with Crippen LogP contribution in [0.4, 0.5) is 19.0 Å². The van der Waals surface area contributed by atoms with Gasteiger partial charge in [-0.1, -0.05) is 18.2 Å². The number of nitrogen functional groups attached to an aromatic ring is 1. The Balaban J connectivity index is 2.02. The van der Waals surface area contributed by atoms with Crippen LogP contribution in [0.5, 0.6) is 0 Å². The van der Waals surface area contributed by atoms with Crippen LogP contribution >= 0.6 is 0 Å². The number of amides is 1. The van der Waals surface area contributed by atoms with E-state index in [-0.39, 0.29) is 29.9 Å². The number of hydrogen-bond acceptors (Lipinski definition) is 5. The number of halogens is 3. The smallest absolute Gasteiger partial charge is 0.391 e. The highest BCUT2D eigenvalue weighted by Crippen LogP contribution is 2.41. The average molecular weight is 352 g/mol. The number of likely N-dealkylation sites (tertiary alicyclic amines) is 1. The number of nitrogens with zero attached hydrogens (tertiary/aromatic N) is 3. The highest BCUT2D eigenvalue weighted by atomic mass is 19.4. The summed E-state index contributed by atoms with van der Waals surface area (Å²) in [7, 11) is 0. The second kappa shape index (κ2) is 6.32. The zero-order valence-electron chi connectivity index (χ0n) is 12.9. The van der Waals surface area contributed by atoms with Gasteiger partial charge in [0.25, 0.3) is 5.91 Å². The Kier molecular flexibility index (Phi) is 4.34. The largest absolute Gasteiger partial charge is 0.416 e. The Labute approximate surface area is 141 Å². The van der Waals surface area contributed by atoms with Crippen LogP contribution in [-0.2, 0) is 6.18 Å². The number of aliphatic hydroxyl groups is 1. The van der Waals surface area contributed by atoms with Crippen molar-refractivity contribution in [3.63, 3.8) is 0 Å². The first-order chi connectivity index (χ1) is 11.8. The lowest BCUT2D eigenvalue weighted by molar-refractivity contribution is -0.138. The molecule has 0 unspecified atom stereocenters. The van der Waals surface area contributed by atoms with Crippen molar-refractivity contribution in [2.24, 2.45) is 0 Å². The molecule has 0 saturated carbocycles. The van der Waals surface area contributed by atoms with E-state index in [1.807, 2.05) is 0 Å². The Morgan fingerprint density at radius 2 is 2.04 bits per heavy atom. The van der Waals surface area contributed by atoms with Crippen molar-refractivity contribution >= 4 is 11.7 Å². The molecule has 0 radical (unpaired) electrons. The van der Waals surface area contributed by atoms with Crippen molar-refractivity contribution in [3.8, 4) is 0 Å². The number of rotatable bonds is 2. The Hall–Kier alpha value is -2.68. The van der Waals surface area contributed by atoms with E-state index in [2.05, 4.69) is 9.97 Å². The van der Waals surface area contributed by atoms with Crippen LogP contribution in [-0.4, -0.2) is 38.5 Å². The topological polar surface area (TPSA) is 92.3 Å². The van der Waals surface area contributed by atoms with Gasteiger partial charge in [-0.15, -0.1) is 0 Å². The third-order valence-corrected chi connectivity index (χ3v) is 4.14. The fourth-order valence-corrected chi connectivity index (χ4v) is 3.04. The Morgan fingerprint density at radius 3 is 2.72 bits per heavy atom. The van der Waals surface area contributed by atoms with Crippen molar-refractivity contribution in [1.82, 2.24) is 14.9 Å². The maximum atomic E-state index is 13.3. The number of anilines is 1. The van der Waals surface area contributed by atoms with Gasteiger partial charge in [0.05, 0.1) is 17.7 Å². The van der Waals surface area contributed by atoms with Crippen molar-refractivity contribution in [2.45, 2.75) is 24.7 Å². The number of alkyl halides is 3. The first-order valence-electron chi connectivity index (χ1n) is 7.49. The molecule has 0 spiro atoms. The molecule has 0 aliphatic carbocycles. The lowest BCUT2D eigenvalue weighted by atomic mass is 9.97. The third kappa shape index (κ3) is 3.27. The van der Waals surface area contributed by atoms with E-state index >= 15 is 0 Å². The molecule has 1 fully saturated rings. The molecule has 0 bridgehead atoms. The molecule has 3 rings (SSSR count). The summed E-state index contributed by atoms with van der Waals surface area (Å²) in [6, 6.07) is 4.12. The summed E-state index contributed by atoms with van der Waals surface area (Å²) < 4.78 is 39.9. The standard InChI is InChI=1S/C16H15F3N4O2/c17-16(18,19)12-4-2-1-3-10(12)13-5-9(24)7-23(13)15(25)11-6-21-8-22-14(11)20/h1-4,6,8-9,13,24H,5,7H2,(H2,20,21,22)/t9-,13-/m0/s1. The molecule has 3 N–H and O–H groups in total. The van der Waals surface area contributed by atoms with Crippen LogP contribution in [0.15, 0.2) is 36.8 Å². The van der Waals surface area contributed by atoms with Gasteiger partial charge in [-0.25, -0.2) is 9.97 Å². The summed E-state index contributed by atoms with van der Waals surface area (Å²) in [6.45, 7) is -0.0932. The normalized spacial score (nSPS) is 20.7. The van der Waals surface area contributed by atoms with Gasteiger partial charge in [0.2, 0.25) is 0 Å². The molecule has 2 heterocycles. The molecule has 2 atom stereocenters. The lowest BCUT2D eigenvalue weighted by Gasteiger charge is -2.27. The minimum absolute atomic E-state index is 0.00638. The summed E-state index contributed by atoms with van der Waals surface area (Å²) in [5, 5.41) is 9.95. The first kappa shape index (κ1) is 17.2. The monoisotopic (exact) mass is 352 g/mol. The maximum Gasteiger partial charge on any atom is 0.416 e.